The number of nitrogens with zero attached hydrogens (tertiary/aromatic N) is 1. The van der Waals surface area contributed by atoms with Crippen LogP contribution < -0.4 is 16.0 Å². The highest BCUT2D eigenvalue weighted by Gasteiger charge is 2.38. The Hall–Kier alpha value is -2.08. The molecule has 0 saturated carbocycles. The number of amides is 2. The van der Waals surface area contributed by atoms with Gasteiger partial charge in [-0.25, -0.2) is 0 Å². The Morgan fingerprint density at radius 2 is 1.92 bits per heavy atom. The molecule has 138 valence electrons. The molecule has 2 unspecified atom stereocenters. The second kappa shape index (κ2) is 8.08. The number of carbonyl (C=O) groups is 2. The van der Waals surface area contributed by atoms with Gasteiger partial charge in [0, 0.05) is 17.3 Å². The van der Waals surface area contributed by atoms with Crippen LogP contribution in [0.15, 0.2) is 54.6 Å². The van der Waals surface area contributed by atoms with Crippen molar-refractivity contribution >= 4 is 41.5 Å². The Morgan fingerprint density at radius 3 is 2.58 bits per heavy atom. The lowest BCUT2D eigenvalue weighted by atomic mass is 9.92. The fourth-order valence-corrected chi connectivity index (χ4v) is 3.12. The summed E-state index contributed by atoms with van der Waals surface area (Å²) >= 11 is 6.00. The van der Waals surface area contributed by atoms with E-state index in [1.54, 1.807) is 42.2 Å². The van der Waals surface area contributed by atoms with Gasteiger partial charge in [0.1, 0.15) is 11.6 Å². The Bertz CT molecular complexity index is 796. The number of rotatable bonds is 4. The molecule has 2 aromatic carbocycles. The molecule has 0 aromatic heterocycles. The van der Waals surface area contributed by atoms with E-state index < -0.39 is 11.6 Å². The summed E-state index contributed by atoms with van der Waals surface area (Å²) in [7, 11) is 0. The summed E-state index contributed by atoms with van der Waals surface area (Å²) in [5.74, 6) is -0.524. The molecule has 1 aliphatic rings. The average Bonchev–Trinajstić information content (AvgIpc) is 2.96. The third kappa shape index (κ3) is 4.01. The molecule has 0 bridgehead atoms. The van der Waals surface area contributed by atoms with Crippen molar-refractivity contribution in [3.05, 3.63) is 65.2 Å². The average molecular weight is 394 g/mol. The van der Waals surface area contributed by atoms with Crippen molar-refractivity contribution in [2.75, 3.05) is 11.4 Å². The molecule has 26 heavy (non-hydrogen) atoms. The quantitative estimate of drug-likeness (QED) is 0.838. The van der Waals surface area contributed by atoms with Crippen LogP contribution in [0.5, 0.6) is 0 Å². The third-order valence-corrected chi connectivity index (χ3v) is 4.71. The molecular formula is C19H21Cl2N3O2. The zero-order valence-electron chi connectivity index (χ0n) is 14.3. The zero-order chi connectivity index (χ0) is 18.0. The maximum atomic E-state index is 12.6. The van der Waals surface area contributed by atoms with Gasteiger partial charge in [-0.1, -0.05) is 48.0 Å². The normalized spacial score (nSPS) is 18.8. The number of anilines is 1. The Kier molecular flexibility index (Phi) is 6.29. The van der Waals surface area contributed by atoms with Gasteiger partial charge < -0.3 is 16.0 Å². The van der Waals surface area contributed by atoms with Crippen molar-refractivity contribution in [3.63, 3.8) is 0 Å². The largest absolute Gasteiger partial charge is 0.342 e. The molecule has 0 spiro atoms. The second-order valence-corrected chi connectivity index (χ2v) is 6.79. The Morgan fingerprint density at radius 1 is 1.23 bits per heavy atom. The number of halogens is 2. The molecule has 2 atom stereocenters. The first-order valence-electron chi connectivity index (χ1n) is 8.12. The minimum Gasteiger partial charge on any atom is -0.342 e. The summed E-state index contributed by atoms with van der Waals surface area (Å²) < 4.78 is 0. The molecule has 0 radical (unpaired) electrons. The Labute approximate surface area is 163 Å². The highest BCUT2D eigenvalue weighted by molar-refractivity contribution is 6.31. The fourth-order valence-electron chi connectivity index (χ4n) is 2.94. The van der Waals surface area contributed by atoms with Gasteiger partial charge in [0.15, 0.2) is 0 Å². The zero-order valence-corrected chi connectivity index (χ0v) is 15.9. The van der Waals surface area contributed by atoms with Gasteiger partial charge in [-0.3, -0.25) is 9.59 Å². The number of carbonyl (C=O) groups excluding carboxylic acids is 2. The van der Waals surface area contributed by atoms with E-state index >= 15 is 0 Å². The minimum absolute atomic E-state index is 0. The van der Waals surface area contributed by atoms with Crippen molar-refractivity contribution in [3.8, 4) is 0 Å². The van der Waals surface area contributed by atoms with Crippen molar-refractivity contribution < 1.29 is 9.59 Å². The first-order valence-corrected chi connectivity index (χ1v) is 8.49. The molecule has 1 aliphatic heterocycles. The predicted octanol–water partition coefficient (Wildman–Crippen LogP) is 2.86. The van der Waals surface area contributed by atoms with Crippen LogP contribution >= 0.6 is 24.0 Å². The number of hydrogen-bond acceptors (Lipinski definition) is 3. The lowest BCUT2D eigenvalue weighted by Crippen LogP contribution is -2.53. The van der Waals surface area contributed by atoms with E-state index in [1.807, 2.05) is 24.3 Å². The van der Waals surface area contributed by atoms with Crippen LogP contribution in [0.2, 0.25) is 5.02 Å². The maximum absolute atomic E-state index is 12.6. The molecule has 1 saturated heterocycles. The number of hydrogen-bond donors (Lipinski definition) is 2. The van der Waals surface area contributed by atoms with Crippen LogP contribution in [0.1, 0.15) is 18.9 Å². The molecule has 1 heterocycles. The molecule has 2 aromatic rings. The van der Waals surface area contributed by atoms with E-state index in [9.17, 15) is 9.59 Å². The fraction of sp³-hybridized carbons (Fsp3) is 0.263. The summed E-state index contributed by atoms with van der Waals surface area (Å²) in [6, 6.07) is 15.6. The van der Waals surface area contributed by atoms with E-state index in [-0.39, 0.29) is 24.2 Å². The number of benzene rings is 2. The third-order valence-electron chi connectivity index (χ3n) is 4.48. The topological polar surface area (TPSA) is 75.4 Å². The van der Waals surface area contributed by atoms with E-state index in [1.165, 1.54) is 0 Å². The second-order valence-electron chi connectivity index (χ2n) is 6.35. The van der Waals surface area contributed by atoms with Gasteiger partial charge in [-0.05, 0) is 37.1 Å². The van der Waals surface area contributed by atoms with Gasteiger partial charge in [0.2, 0.25) is 11.8 Å². The Balaban J connectivity index is 0.00000243. The monoisotopic (exact) mass is 393 g/mol. The van der Waals surface area contributed by atoms with Crippen LogP contribution in [0.4, 0.5) is 5.69 Å². The van der Waals surface area contributed by atoms with Crippen LogP contribution in [0, 0.1) is 0 Å². The summed E-state index contributed by atoms with van der Waals surface area (Å²) in [4.78, 5) is 26.9. The standard InChI is InChI=1S/C19H20ClN3O2.ClH/c1-19(21,13-6-3-2-4-7-13)18(25)22-16-10-11-23(17(16)24)15-9-5-8-14(20)12-15;/h2-9,12,16H,10-11,21H2,1H3,(H,22,25);1H. The highest BCUT2D eigenvalue weighted by Crippen LogP contribution is 2.25. The molecule has 3 N–H and O–H groups in total. The number of nitrogens with one attached hydrogen (secondary N) is 1. The molecule has 2 amide bonds. The number of nitrogens with two attached hydrogens (primary N) is 1. The van der Waals surface area contributed by atoms with Crippen LogP contribution in [-0.4, -0.2) is 24.4 Å². The molecule has 1 fully saturated rings. The highest BCUT2D eigenvalue weighted by atomic mass is 35.5. The van der Waals surface area contributed by atoms with Crippen molar-refractivity contribution in [1.29, 1.82) is 0 Å². The van der Waals surface area contributed by atoms with Gasteiger partial charge in [-0.15, -0.1) is 12.4 Å². The lowest BCUT2D eigenvalue weighted by molar-refractivity contribution is -0.130. The molecular weight excluding hydrogens is 373 g/mol. The lowest BCUT2D eigenvalue weighted by Gasteiger charge is -2.26. The van der Waals surface area contributed by atoms with Crippen LogP contribution in [0.25, 0.3) is 0 Å². The van der Waals surface area contributed by atoms with Crippen molar-refractivity contribution in [2.45, 2.75) is 24.9 Å². The summed E-state index contributed by atoms with van der Waals surface area (Å²) in [5.41, 5.74) is 6.44. The molecule has 5 nitrogen and oxygen atoms in total. The summed E-state index contributed by atoms with van der Waals surface area (Å²) in [6.45, 7) is 2.17. The van der Waals surface area contributed by atoms with Gasteiger partial charge >= 0.3 is 0 Å². The van der Waals surface area contributed by atoms with E-state index in [4.69, 9.17) is 17.3 Å². The molecule has 3 rings (SSSR count). The van der Waals surface area contributed by atoms with Gasteiger partial charge in [0.25, 0.3) is 0 Å². The summed E-state index contributed by atoms with van der Waals surface area (Å²) in [6.07, 6.45) is 0.530. The van der Waals surface area contributed by atoms with Crippen molar-refractivity contribution in [2.24, 2.45) is 5.73 Å². The van der Waals surface area contributed by atoms with E-state index in [0.717, 1.165) is 5.69 Å². The minimum atomic E-state index is -1.20. The smallest absolute Gasteiger partial charge is 0.249 e. The van der Waals surface area contributed by atoms with Gasteiger partial charge in [-0.2, -0.15) is 0 Å². The maximum Gasteiger partial charge on any atom is 0.249 e. The van der Waals surface area contributed by atoms with Gasteiger partial charge in [0.05, 0.1) is 0 Å². The SMILES string of the molecule is CC(N)(C(=O)NC1CCN(c2cccc(Cl)c2)C1=O)c1ccccc1.Cl. The van der Waals surface area contributed by atoms with Crippen LogP contribution in [0.3, 0.4) is 0 Å². The molecule has 7 heteroatoms. The van der Waals surface area contributed by atoms with E-state index in [0.29, 0.717) is 23.6 Å². The first kappa shape index (κ1) is 20.2. The van der Waals surface area contributed by atoms with Crippen molar-refractivity contribution in [1.82, 2.24) is 5.32 Å². The predicted molar refractivity (Wildman–Crippen MR) is 106 cm³/mol. The summed E-state index contributed by atoms with van der Waals surface area (Å²) in [5, 5.41) is 3.36. The van der Waals surface area contributed by atoms with Crippen LogP contribution in [-0.2, 0) is 15.1 Å². The molecule has 0 aliphatic carbocycles. The van der Waals surface area contributed by atoms with E-state index in [2.05, 4.69) is 5.32 Å². The first-order chi connectivity index (χ1) is 11.9.